The van der Waals surface area contributed by atoms with E-state index >= 15 is 0 Å². The molecular weight excluding hydrogens is 126 g/mol. The maximum absolute atomic E-state index is 9.46. The summed E-state index contributed by atoms with van der Waals surface area (Å²) in [5.74, 6) is 0.513. The zero-order valence-electron chi connectivity index (χ0n) is 6.64. The lowest BCUT2D eigenvalue weighted by Crippen LogP contribution is -2.32. The van der Waals surface area contributed by atoms with E-state index in [-0.39, 0.29) is 6.10 Å². The minimum Gasteiger partial charge on any atom is -0.393 e. The van der Waals surface area contributed by atoms with Gasteiger partial charge in [0.15, 0.2) is 0 Å². The predicted molar refractivity (Wildman–Crippen MR) is 41.9 cm³/mol. The van der Waals surface area contributed by atoms with Crippen LogP contribution < -0.4 is 5.32 Å². The van der Waals surface area contributed by atoms with Gasteiger partial charge in [-0.2, -0.15) is 0 Å². The van der Waals surface area contributed by atoms with Gasteiger partial charge in [0.05, 0.1) is 6.10 Å². The third kappa shape index (κ3) is 1.96. The molecule has 0 heterocycles. The fraction of sp³-hybridized carbons (Fsp3) is 1.00. The van der Waals surface area contributed by atoms with E-state index in [2.05, 4.69) is 5.32 Å². The van der Waals surface area contributed by atoms with Gasteiger partial charge < -0.3 is 10.4 Å². The van der Waals surface area contributed by atoms with E-state index in [1.54, 1.807) is 0 Å². The smallest absolute Gasteiger partial charge is 0.0580 e. The largest absolute Gasteiger partial charge is 0.393 e. The lowest BCUT2D eigenvalue weighted by molar-refractivity contribution is 0.0707. The molecule has 2 atom stereocenters. The van der Waals surface area contributed by atoms with E-state index in [4.69, 9.17) is 0 Å². The second-order valence-corrected chi connectivity index (χ2v) is 3.17. The molecule has 0 spiro atoms. The molecule has 0 radical (unpaired) electrons. The predicted octanol–water partition coefficient (Wildman–Crippen LogP) is 0.757. The summed E-state index contributed by atoms with van der Waals surface area (Å²) in [6, 6.07) is 0. The Balaban J connectivity index is 2.25. The second kappa shape index (κ2) is 3.94. The summed E-state index contributed by atoms with van der Waals surface area (Å²) in [6.45, 7) is 0.973. The van der Waals surface area contributed by atoms with E-state index in [9.17, 15) is 5.11 Å². The van der Waals surface area contributed by atoms with Crippen LogP contribution in [-0.2, 0) is 0 Å². The molecule has 2 nitrogen and oxygen atoms in total. The summed E-state index contributed by atoms with van der Waals surface area (Å²) in [6.07, 6.45) is 4.67. The van der Waals surface area contributed by atoms with Gasteiger partial charge in [-0.1, -0.05) is 12.8 Å². The maximum atomic E-state index is 9.46. The van der Waals surface area contributed by atoms with Crippen LogP contribution in [0.15, 0.2) is 0 Å². The first-order chi connectivity index (χ1) is 4.84. The molecule has 0 bridgehead atoms. The Morgan fingerprint density at radius 3 is 2.70 bits per heavy atom. The molecule has 2 heteroatoms. The van der Waals surface area contributed by atoms with E-state index in [0.717, 1.165) is 13.0 Å². The molecule has 1 aliphatic carbocycles. The van der Waals surface area contributed by atoms with Crippen molar-refractivity contribution < 1.29 is 5.11 Å². The van der Waals surface area contributed by atoms with Crippen LogP contribution in [0.5, 0.6) is 0 Å². The van der Waals surface area contributed by atoms with Crippen LogP contribution in [0.1, 0.15) is 25.7 Å². The first-order valence-electron chi connectivity index (χ1n) is 4.17. The molecule has 0 aromatic heterocycles. The molecule has 0 amide bonds. The molecule has 1 saturated carbocycles. The van der Waals surface area contributed by atoms with Crippen LogP contribution in [-0.4, -0.2) is 24.8 Å². The van der Waals surface area contributed by atoms with Gasteiger partial charge in [-0.25, -0.2) is 0 Å². The minimum atomic E-state index is -0.0406. The molecular formula is C8H17NO. The Bertz CT molecular complexity index is 93.3. The van der Waals surface area contributed by atoms with Gasteiger partial charge in [-0.3, -0.25) is 0 Å². The van der Waals surface area contributed by atoms with Crippen molar-refractivity contribution in [1.82, 2.24) is 5.32 Å². The van der Waals surface area contributed by atoms with Crippen molar-refractivity contribution in [1.29, 1.82) is 0 Å². The quantitative estimate of drug-likeness (QED) is 0.598. The summed E-state index contributed by atoms with van der Waals surface area (Å²) in [4.78, 5) is 0. The molecule has 0 aromatic rings. The van der Waals surface area contributed by atoms with E-state index in [1.165, 1.54) is 19.3 Å². The van der Waals surface area contributed by atoms with Crippen LogP contribution in [0.3, 0.4) is 0 Å². The van der Waals surface area contributed by atoms with Crippen LogP contribution in [0.4, 0.5) is 0 Å². The summed E-state index contributed by atoms with van der Waals surface area (Å²) in [5, 5.41) is 12.6. The molecule has 0 aromatic carbocycles. The van der Waals surface area contributed by atoms with Gasteiger partial charge in [-0.15, -0.1) is 0 Å². The highest BCUT2D eigenvalue weighted by Crippen LogP contribution is 2.23. The Morgan fingerprint density at radius 2 is 2.10 bits per heavy atom. The summed E-state index contributed by atoms with van der Waals surface area (Å²) < 4.78 is 0. The molecule has 60 valence electrons. The van der Waals surface area contributed by atoms with Crippen molar-refractivity contribution in [2.45, 2.75) is 31.8 Å². The van der Waals surface area contributed by atoms with Gasteiger partial charge in [-0.05, 0) is 25.8 Å². The lowest BCUT2D eigenvalue weighted by atomic mass is 9.86. The lowest BCUT2D eigenvalue weighted by Gasteiger charge is -2.26. The molecule has 0 aliphatic heterocycles. The van der Waals surface area contributed by atoms with Crippen molar-refractivity contribution in [3.8, 4) is 0 Å². The van der Waals surface area contributed by atoms with Crippen LogP contribution >= 0.6 is 0 Å². The van der Waals surface area contributed by atoms with Crippen molar-refractivity contribution in [3.63, 3.8) is 0 Å². The van der Waals surface area contributed by atoms with Crippen molar-refractivity contribution in [2.24, 2.45) is 5.92 Å². The monoisotopic (exact) mass is 143 g/mol. The second-order valence-electron chi connectivity index (χ2n) is 3.17. The number of aliphatic hydroxyl groups excluding tert-OH is 1. The Morgan fingerprint density at radius 1 is 1.40 bits per heavy atom. The van der Waals surface area contributed by atoms with Crippen LogP contribution in [0.2, 0.25) is 0 Å². The fourth-order valence-corrected chi connectivity index (χ4v) is 1.69. The highest BCUT2D eigenvalue weighted by Gasteiger charge is 2.21. The van der Waals surface area contributed by atoms with Gasteiger partial charge in [0.1, 0.15) is 0 Å². The van der Waals surface area contributed by atoms with E-state index < -0.39 is 0 Å². The van der Waals surface area contributed by atoms with Crippen molar-refractivity contribution >= 4 is 0 Å². The van der Waals surface area contributed by atoms with Crippen molar-refractivity contribution in [2.75, 3.05) is 13.6 Å². The zero-order valence-corrected chi connectivity index (χ0v) is 6.64. The van der Waals surface area contributed by atoms with E-state index in [0.29, 0.717) is 5.92 Å². The highest BCUT2D eigenvalue weighted by molar-refractivity contribution is 4.75. The normalized spacial score (nSPS) is 34.2. The fourth-order valence-electron chi connectivity index (χ4n) is 1.69. The Labute approximate surface area is 62.6 Å². The van der Waals surface area contributed by atoms with Crippen molar-refractivity contribution in [3.05, 3.63) is 0 Å². The molecule has 1 fully saturated rings. The third-order valence-electron chi connectivity index (χ3n) is 2.34. The maximum Gasteiger partial charge on any atom is 0.0580 e. The van der Waals surface area contributed by atoms with Crippen LogP contribution in [0.25, 0.3) is 0 Å². The first kappa shape index (κ1) is 8.02. The first-order valence-corrected chi connectivity index (χ1v) is 4.17. The number of aliphatic hydroxyl groups is 1. The van der Waals surface area contributed by atoms with Crippen LogP contribution in [0, 0.1) is 5.92 Å². The minimum absolute atomic E-state index is 0.0406. The van der Waals surface area contributed by atoms with Gasteiger partial charge in [0.25, 0.3) is 0 Å². The van der Waals surface area contributed by atoms with Gasteiger partial charge >= 0.3 is 0 Å². The Hall–Kier alpha value is -0.0800. The number of hydrogen-bond acceptors (Lipinski definition) is 2. The Kier molecular flexibility index (Phi) is 3.16. The molecule has 0 unspecified atom stereocenters. The summed E-state index contributed by atoms with van der Waals surface area (Å²) >= 11 is 0. The number of rotatable bonds is 2. The number of hydrogen-bond donors (Lipinski definition) is 2. The topological polar surface area (TPSA) is 32.3 Å². The number of nitrogens with one attached hydrogen (secondary N) is 1. The molecule has 1 aliphatic rings. The summed E-state index contributed by atoms with van der Waals surface area (Å²) in [7, 11) is 1.95. The van der Waals surface area contributed by atoms with Gasteiger partial charge in [0.2, 0.25) is 0 Å². The molecule has 0 saturated heterocycles. The zero-order chi connectivity index (χ0) is 7.40. The van der Waals surface area contributed by atoms with E-state index in [1.807, 2.05) is 7.05 Å². The molecule has 1 rings (SSSR count). The third-order valence-corrected chi connectivity index (χ3v) is 2.34. The molecule has 2 N–H and O–H groups in total. The SMILES string of the molecule is CNC[C@H]1CCCC[C@H]1O. The van der Waals surface area contributed by atoms with Gasteiger partial charge in [0, 0.05) is 6.54 Å². The standard InChI is InChI=1S/C8H17NO/c1-9-6-7-4-2-3-5-8(7)10/h7-10H,2-6H2,1H3/t7-,8-/m1/s1. The summed E-state index contributed by atoms with van der Waals surface area (Å²) in [5.41, 5.74) is 0. The highest BCUT2D eigenvalue weighted by atomic mass is 16.3. The molecule has 10 heavy (non-hydrogen) atoms. The average Bonchev–Trinajstić information content (AvgIpc) is 1.94. The average molecular weight is 143 g/mol.